The summed E-state index contributed by atoms with van der Waals surface area (Å²) in [5.41, 5.74) is 0.674. The number of aromatic nitrogens is 2. The van der Waals surface area contributed by atoms with Crippen molar-refractivity contribution in [3.63, 3.8) is 0 Å². The van der Waals surface area contributed by atoms with E-state index in [-0.39, 0.29) is 17.8 Å². The van der Waals surface area contributed by atoms with E-state index in [4.69, 9.17) is 4.52 Å². The molecule has 20 heavy (non-hydrogen) atoms. The van der Waals surface area contributed by atoms with E-state index in [0.29, 0.717) is 30.1 Å². The minimum atomic E-state index is -0.317. The molecule has 0 aliphatic carbocycles. The maximum atomic E-state index is 12.8. The molecule has 0 bridgehead atoms. The van der Waals surface area contributed by atoms with Crippen molar-refractivity contribution in [1.82, 2.24) is 15.5 Å². The number of hydrogen-bond donors (Lipinski definition) is 1. The van der Waals surface area contributed by atoms with Crippen molar-refractivity contribution in [2.24, 2.45) is 0 Å². The van der Waals surface area contributed by atoms with Gasteiger partial charge in [-0.25, -0.2) is 4.39 Å². The zero-order valence-electron chi connectivity index (χ0n) is 11.4. The molecule has 6 heteroatoms. The van der Waals surface area contributed by atoms with Gasteiger partial charge in [0.25, 0.3) is 0 Å². The molecule has 1 aromatic heterocycles. The summed E-state index contributed by atoms with van der Waals surface area (Å²) < 4.78 is 17.9. The zero-order chi connectivity index (χ0) is 14.5. The molecule has 0 spiro atoms. The van der Waals surface area contributed by atoms with Gasteiger partial charge in [-0.3, -0.25) is 4.79 Å². The van der Waals surface area contributed by atoms with Gasteiger partial charge in [0.05, 0.1) is 0 Å². The lowest BCUT2D eigenvalue weighted by Gasteiger charge is -2.06. The van der Waals surface area contributed by atoms with Crippen LogP contribution in [0.5, 0.6) is 0 Å². The highest BCUT2D eigenvalue weighted by Gasteiger charge is 2.11. The third kappa shape index (κ3) is 3.88. The summed E-state index contributed by atoms with van der Waals surface area (Å²) in [7, 11) is 0. The topological polar surface area (TPSA) is 68.0 Å². The van der Waals surface area contributed by atoms with E-state index >= 15 is 0 Å². The molecule has 2 aromatic rings. The van der Waals surface area contributed by atoms with Gasteiger partial charge >= 0.3 is 0 Å². The van der Waals surface area contributed by atoms with Crippen LogP contribution in [0.4, 0.5) is 4.39 Å². The molecule has 0 unspecified atom stereocenters. The number of halogens is 1. The monoisotopic (exact) mass is 277 g/mol. The summed E-state index contributed by atoms with van der Waals surface area (Å²) in [6.45, 7) is 3.80. The second kappa shape index (κ2) is 6.27. The molecule has 0 aliphatic rings. The predicted octanol–water partition coefficient (Wildman–Crippen LogP) is 2.33. The van der Waals surface area contributed by atoms with Crippen LogP contribution >= 0.6 is 0 Å². The van der Waals surface area contributed by atoms with E-state index in [2.05, 4.69) is 15.5 Å². The Hall–Kier alpha value is -2.24. The van der Waals surface area contributed by atoms with Gasteiger partial charge in [0, 0.05) is 24.4 Å². The molecule has 106 valence electrons. The fraction of sp³-hybridized carbons (Fsp3) is 0.357. The lowest BCUT2D eigenvalue weighted by atomic mass is 10.2. The van der Waals surface area contributed by atoms with E-state index in [1.165, 1.54) is 12.1 Å². The molecule has 0 radical (unpaired) electrons. The Labute approximate surface area is 116 Å². The van der Waals surface area contributed by atoms with Crippen molar-refractivity contribution in [2.45, 2.75) is 32.7 Å². The molecule has 1 aromatic carbocycles. The summed E-state index contributed by atoms with van der Waals surface area (Å²) >= 11 is 0. The number of nitrogens with zero attached hydrogens (tertiary/aromatic N) is 2. The number of nitrogens with one attached hydrogen (secondary N) is 1. The Bertz CT molecular complexity index is 578. The smallest absolute Gasteiger partial charge is 0.227 e. The molecule has 1 heterocycles. The Morgan fingerprint density at radius 2 is 2.05 bits per heavy atom. The summed E-state index contributed by atoms with van der Waals surface area (Å²) in [4.78, 5) is 15.7. The fourth-order valence-electron chi connectivity index (χ4n) is 1.69. The highest BCUT2D eigenvalue weighted by atomic mass is 19.1. The van der Waals surface area contributed by atoms with E-state index < -0.39 is 0 Å². The standard InChI is InChI=1S/C14H16FN3O2/c1-9(2)16-12(19)7-8-13-17-14(18-20-13)10-3-5-11(15)6-4-10/h3-6,9H,7-8H2,1-2H3,(H,16,19). The average molecular weight is 277 g/mol. The Morgan fingerprint density at radius 1 is 1.35 bits per heavy atom. The quantitative estimate of drug-likeness (QED) is 0.910. The SMILES string of the molecule is CC(C)NC(=O)CCc1nc(-c2ccc(F)cc2)no1. The van der Waals surface area contributed by atoms with Crippen molar-refractivity contribution in [3.8, 4) is 11.4 Å². The molecule has 0 aliphatic heterocycles. The number of carbonyl (C=O) groups is 1. The normalized spacial score (nSPS) is 10.8. The first-order valence-electron chi connectivity index (χ1n) is 6.42. The van der Waals surface area contributed by atoms with Gasteiger partial charge in [-0.15, -0.1) is 0 Å². The van der Waals surface area contributed by atoms with Crippen LogP contribution in [0.25, 0.3) is 11.4 Å². The van der Waals surface area contributed by atoms with Crippen LogP contribution in [-0.2, 0) is 11.2 Å². The molecule has 0 atom stereocenters. The summed E-state index contributed by atoms with van der Waals surface area (Å²) in [5.74, 6) is 0.414. The van der Waals surface area contributed by atoms with E-state index in [1.54, 1.807) is 12.1 Å². The maximum Gasteiger partial charge on any atom is 0.227 e. The van der Waals surface area contributed by atoms with E-state index in [9.17, 15) is 9.18 Å². The minimum Gasteiger partial charge on any atom is -0.354 e. The minimum absolute atomic E-state index is 0.0541. The van der Waals surface area contributed by atoms with Crippen LogP contribution in [0, 0.1) is 5.82 Å². The maximum absolute atomic E-state index is 12.8. The molecule has 0 fully saturated rings. The van der Waals surface area contributed by atoms with Crippen molar-refractivity contribution >= 4 is 5.91 Å². The van der Waals surface area contributed by atoms with Crippen molar-refractivity contribution in [2.75, 3.05) is 0 Å². The predicted molar refractivity (Wildman–Crippen MR) is 71.3 cm³/mol. The number of aryl methyl sites for hydroxylation is 1. The lowest BCUT2D eigenvalue weighted by Crippen LogP contribution is -2.30. The summed E-state index contributed by atoms with van der Waals surface area (Å²) in [6.07, 6.45) is 0.677. The number of carbonyl (C=O) groups excluding carboxylic acids is 1. The van der Waals surface area contributed by atoms with Crippen LogP contribution in [0.3, 0.4) is 0 Å². The molecule has 0 saturated carbocycles. The molecule has 0 saturated heterocycles. The number of hydrogen-bond acceptors (Lipinski definition) is 4. The third-order valence-electron chi connectivity index (χ3n) is 2.59. The van der Waals surface area contributed by atoms with Gasteiger partial charge in [0.15, 0.2) is 0 Å². The van der Waals surface area contributed by atoms with Gasteiger partial charge in [-0.2, -0.15) is 4.98 Å². The van der Waals surface area contributed by atoms with Crippen LogP contribution < -0.4 is 5.32 Å². The highest BCUT2D eigenvalue weighted by Crippen LogP contribution is 2.16. The highest BCUT2D eigenvalue weighted by molar-refractivity contribution is 5.76. The zero-order valence-corrected chi connectivity index (χ0v) is 11.4. The first-order valence-corrected chi connectivity index (χ1v) is 6.42. The second-order valence-corrected chi connectivity index (χ2v) is 4.74. The van der Waals surface area contributed by atoms with Gasteiger partial charge in [0.2, 0.25) is 17.6 Å². The van der Waals surface area contributed by atoms with E-state index in [0.717, 1.165) is 0 Å². The molecule has 5 nitrogen and oxygen atoms in total. The van der Waals surface area contributed by atoms with Gasteiger partial charge < -0.3 is 9.84 Å². The second-order valence-electron chi connectivity index (χ2n) is 4.74. The van der Waals surface area contributed by atoms with Crippen molar-refractivity contribution in [1.29, 1.82) is 0 Å². The first kappa shape index (κ1) is 14.2. The largest absolute Gasteiger partial charge is 0.354 e. The fourth-order valence-corrected chi connectivity index (χ4v) is 1.69. The number of amides is 1. The molecular formula is C14H16FN3O2. The molecule has 2 rings (SSSR count). The molecule has 1 N–H and O–H groups in total. The third-order valence-corrected chi connectivity index (χ3v) is 2.59. The Kier molecular flexibility index (Phi) is 4.45. The van der Waals surface area contributed by atoms with Gasteiger partial charge in [-0.1, -0.05) is 5.16 Å². The average Bonchev–Trinajstić information content (AvgIpc) is 2.85. The number of benzene rings is 1. The van der Waals surface area contributed by atoms with Crippen molar-refractivity contribution < 1.29 is 13.7 Å². The van der Waals surface area contributed by atoms with Crippen molar-refractivity contribution in [3.05, 3.63) is 36.0 Å². The van der Waals surface area contributed by atoms with Crippen LogP contribution in [0.15, 0.2) is 28.8 Å². The summed E-state index contributed by atoms with van der Waals surface area (Å²) in [6, 6.07) is 5.94. The van der Waals surface area contributed by atoms with E-state index in [1.807, 2.05) is 13.8 Å². The Morgan fingerprint density at radius 3 is 2.70 bits per heavy atom. The lowest BCUT2D eigenvalue weighted by molar-refractivity contribution is -0.121. The molecule has 1 amide bonds. The molecular weight excluding hydrogens is 261 g/mol. The number of rotatable bonds is 5. The Balaban J connectivity index is 1.95. The van der Waals surface area contributed by atoms with Crippen LogP contribution in [0.1, 0.15) is 26.2 Å². The first-order chi connectivity index (χ1) is 9.54. The van der Waals surface area contributed by atoms with Crippen LogP contribution in [-0.4, -0.2) is 22.1 Å². The summed E-state index contributed by atoms with van der Waals surface area (Å²) in [5, 5.41) is 6.60. The van der Waals surface area contributed by atoms with Gasteiger partial charge in [0.1, 0.15) is 5.82 Å². The van der Waals surface area contributed by atoms with Crippen LogP contribution in [0.2, 0.25) is 0 Å². The van der Waals surface area contributed by atoms with Gasteiger partial charge in [-0.05, 0) is 38.1 Å².